The Balaban J connectivity index is 1.51. The smallest absolute Gasteiger partial charge is 0.325 e. The summed E-state index contributed by atoms with van der Waals surface area (Å²) in [6.07, 6.45) is 2.27. The molecule has 0 unspecified atom stereocenters. The molecule has 0 radical (unpaired) electrons. The number of nitrogens with zero attached hydrogens (tertiary/aromatic N) is 1. The fourth-order valence-corrected chi connectivity index (χ4v) is 3.41. The predicted octanol–water partition coefficient (Wildman–Crippen LogP) is 1.69. The predicted molar refractivity (Wildman–Crippen MR) is 90.6 cm³/mol. The van der Waals surface area contributed by atoms with Gasteiger partial charge in [0.05, 0.1) is 13.2 Å². The first-order valence-corrected chi connectivity index (χ1v) is 8.72. The normalized spacial score (nSPS) is 20.0. The van der Waals surface area contributed by atoms with Gasteiger partial charge in [-0.3, -0.25) is 9.69 Å². The van der Waals surface area contributed by atoms with Crippen molar-refractivity contribution in [1.82, 2.24) is 10.2 Å². The SMILES string of the molecule is CCOc1ccc(OC[C@H](O)CN2C(=O)NC3(CCCC3)C2=O)cc1. The molecule has 7 heteroatoms. The lowest BCUT2D eigenvalue weighted by Gasteiger charge is -2.21. The maximum absolute atomic E-state index is 12.5. The lowest BCUT2D eigenvalue weighted by molar-refractivity contribution is -0.132. The van der Waals surface area contributed by atoms with Crippen LogP contribution in [0.4, 0.5) is 4.79 Å². The van der Waals surface area contributed by atoms with Crippen molar-refractivity contribution >= 4 is 11.9 Å². The van der Waals surface area contributed by atoms with E-state index in [9.17, 15) is 14.7 Å². The number of amides is 3. The summed E-state index contributed by atoms with van der Waals surface area (Å²) >= 11 is 0. The average molecular weight is 348 g/mol. The highest BCUT2D eigenvalue weighted by Gasteiger charge is 2.52. The number of urea groups is 1. The van der Waals surface area contributed by atoms with E-state index in [0.717, 1.165) is 23.5 Å². The van der Waals surface area contributed by atoms with Crippen LogP contribution in [0.3, 0.4) is 0 Å². The molecule has 1 spiro atoms. The molecule has 0 bridgehead atoms. The number of nitrogens with one attached hydrogen (secondary N) is 1. The molecule has 1 heterocycles. The highest BCUT2D eigenvalue weighted by Crippen LogP contribution is 2.35. The van der Waals surface area contributed by atoms with E-state index in [1.54, 1.807) is 24.3 Å². The number of aliphatic hydroxyl groups excluding tert-OH is 1. The van der Waals surface area contributed by atoms with Gasteiger partial charge in [0.1, 0.15) is 29.7 Å². The summed E-state index contributed by atoms with van der Waals surface area (Å²) in [6.45, 7) is 2.43. The quantitative estimate of drug-likeness (QED) is 0.732. The molecule has 2 N–H and O–H groups in total. The van der Waals surface area contributed by atoms with Crippen LogP contribution in [0, 0.1) is 0 Å². The molecule has 3 rings (SSSR count). The average Bonchev–Trinajstić information content (AvgIpc) is 3.16. The van der Waals surface area contributed by atoms with Crippen LogP contribution in [0.15, 0.2) is 24.3 Å². The van der Waals surface area contributed by atoms with Crippen molar-refractivity contribution in [2.45, 2.75) is 44.2 Å². The zero-order valence-electron chi connectivity index (χ0n) is 14.4. The van der Waals surface area contributed by atoms with E-state index in [0.29, 0.717) is 25.2 Å². The van der Waals surface area contributed by atoms with E-state index in [2.05, 4.69) is 5.32 Å². The van der Waals surface area contributed by atoms with Gasteiger partial charge in [-0.25, -0.2) is 4.79 Å². The van der Waals surface area contributed by atoms with Crippen LogP contribution in [0.25, 0.3) is 0 Å². The zero-order valence-corrected chi connectivity index (χ0v) is 14.4. The number of aliphatic hydroxyl groups is 1. The van der Waals surface area contributed by atoms with Gasteiger partial charge in [-0.05, 0) is 44.0 Å². The number of ether oxygens (including phenoxy) is 2. The van der Waals surface area contributed by atoms with Crippen LogP contribution < -0.4 is 14.8 Å². The zero-order chi connectivity index (χ0) is 17.9. The minimum Gasteiger partial charge on any atom is -0.494 e. The van der Waals surface area contributed by atoms with Gasteiger partial charge in [0.2, 0.25) is 0 Å². The van der Waals surface area contributed by atoms with Gasteiger partial charge < -0.3 is 19.9 Å². The second kappa shape index (κ2) is 7.31. The van der Waals surface area contributed by atoms with Crippen LogP contribution in [0.2, 0.25) is 0 Å². The van der Waals surface area contributed by atoms with E-state index in [4.69, 9.17) is 9.47 Å². The molecule has 1 aromatic rings. The second-order valence-corrected chi connectivity index (χ2v) is 6.50. The summed E-state index contributed by atoms with van der Waals surface area (Å²) in [7, 11) is 0. The molecule has 1 saturated heterocycles. The van der Waals surface area contributed by atoms with Crippen LogP contribution in [0.5, 0.6) is 11.5 Å². The number of β-amino-alcohol motifs (C(OH)–C–C–N with tert-alkyl or cyclic N) is 1. The Bertz CT molecular complexity index is 625. The lowest BCUT2D eigenvalue weighted by Crippen LogP contribution is -2.45. The van der Waals surface area contributed by atoms with E-state index in [1.165, 1.54) is 0 Å². The molecular weight excluding hydrogens is 324 g/mol. The Labute approximate surface area is 146 Å². The van der Waals surface area contributed by atoms with Crippen molar-refractivity contribution < 1.29 is 24.2 Å². The molecule has 0 aromatic heterocycles. The fraction of sp³-hybridized carbons (Fsp3) is 0.556. The summed E-state index contributed by atoms with van der Waals surface area (Å²) < 4.78 is 10.9. The van der Waals surface area contributed by atoms with Crippen LogP contribution in [-0.4, -0.2) is 53.3 Å². The van der Waals surface area contributed by atoms with Crippen LogP contribution in [-0.2, 0) is 4.79 Å². The van der Waals surface area contributed by atoms with Crippen molar-refractivity contribution in [3.05, 3.63) is 24.3 Å². The van der Waals surface area contributed by atoms with Crippen LogP contribution >= 0.6 is 0 Å². The molecule has 1 aliphatic carbocycles. The number of hydrogen-bond acceptors (Lipinski definition) is 5. The van der Waals surface area contributed by atoms with Gasteiger partial charge in [0, 0.05) is 0 Å². The fourth-order valence-electron chi connectivity index (χ4n) is 3.41. The maximum atomic E-state index is 12.5. The molecule has 3 amide bonds. The highest BCUT2D eigenvalue weighted by molar-refractivity contribution is 6.07. The summed E-state index contributed by atoms with van der Waals surface area (Å²) in [5.74, 6) is 1.11. The minimum atomic E-state index is -0.946. The number of imide groups is 1. The largest absolute Gasteiger partial charge is 0.494 e. The van der Waals surface area contributed by atoms with Gasteiger partial charge in [0.15, 0.2) is 0 Å². The summed E-state index contributed by atoms with van der Waals surface area (Å²) in [5.41, 5.74) is -0.743. The molecule has 1 atom stereocenters. The monoisotopic (exact) mass is 348 g/mol. The Hall–Kier alpha value is -2.28. The summed E-state index contributed by atoms with van der Waals surface area (Å²) in [6, 6.07) is 6.64. The molecule has 1 aromatic carbocycles. The van der Waals surface area contributed by atoms with Crippen molar-refractivity contribution in [2.24, 2.45) is 0 Å². The number of rotatable bonds is 7. The molecule has 2 fully saturated rings. The first-order valence-electron chi connectivity index (χ1n) is 8.72. The summed E-state index contributed by atoms with van der Waals surface area (Å²) in [4.78, 5) is 25.7. The highest BCUT2D eigenvalue weighted by atomic mass is 16.5. The molecule has 25 heavy (non-hydrogen) atoms. The van der Waals surface area contributed by atoms with Gasteiger partial charge in [-0.15, -0.1) is 0 Å². The van der Waals surface area contributed by atoms with E-state index in [1.807, 2.05) is 6.92 Å². The third-order valence-electron chi connectivity index (χ3n) is 4.67. The first kappa shape index (κ1) is 17.5. The van der Waals surface area contributed by atoms with E-state index < -0.39 is 17.7 Å². The van der Waals surface area contributed by atoms with Gasteiger partial charge in [-0.1, -0.05) is 12.8 Å². The van der Waals surface area contributed by atoms with Crippen molar-refractivity contribution in [3.63, 3.8) is 0 Å². The summed E-state index contributed by atoms with van der Waals surface area (Å²) in [5, 5.41) is 13.0. The lowest BCUT2D eigenvalue weighted by atomic mass is 9.98. The molecule has 136 valence electrons. The first-order chi connectivity index (χ1) is 12.0. The molecule has 1 saturated carbocycles. The third kappa shape index (κ3) is 3.71. The number of benzene rings is 1. The van der Waals surface area contributed by atoms with Gasteiger partial charge in [0.25, 0.3) is 5.91 Å². The van der Waals surface area contributed by atoms with Gasteiger partial charge in [-0.2, -0.15) is 0 Å². The molecule has 1 aliphatic heterocycles. The second-order valence-electron chi connectivity index (χ2n) is 6.50. The molecule has 2 aliphatic rings. The van der Waals surface area contributed by atoms with Gasteiger partial charge >= 0.3 is 6.03 Å². The molecule has 7 nitrogen and oxygen atoms in total. The third-order valence-corrected chi connectivity index (χ3v) is 4.67. The number of hydrogen-bond donors (Lipinski definition) is 2. The van der Waals surface area contributed by atoms with E-state index in [-0.39, 0.29) is 19.1 Å². The Kier molecular flexibility index (Phi) is 5.13. The number of carbonyl (C=O) groups is 2. The van der Waals surface area contributed by atoms with Crippen molar-refractivity contribution in [2.75, 3.05) is 19.8 Å². The van der Waals surface area contributed by atoms with Crippen LogP contribution in [0.1, 0.15) is 32.6 Å². The number of carbonyl (C=O) groups excluding carboxylic acids is 2. The standard InChI is InChI=1S/C18H24N2O5/c1-2-24-14-5-7-15(8-6-14)25-12-13(21)11-20-16(22)18(19-17(20)23)9-3-4-10-18/h5-8,13,21H,2-4,9-12H2,1H3,(H,19,23)/t13-/m1/s1. The topological polar surface area (TPSA) is 88.1 Å². The van der Waals surface area contributed by atoms with Crippen molar-refractivity contribution in [1.29, 1.82) is 0 Å². The van der Waals surface area contributed by atoms with E-state index >= 15 is 0 Å². The minimum absolute atomic E-state index is 0.00194. The Morgan fingerprint density at radius 2 is 1.76 bits per heavy atom. The maximum Gasteiger partial charge on any atom is 0.325 e. The Morgan fingerprint density at radius 3 is 2.36 bits per heavy atom. The molecular formula is C18H24N2O5. The van der Waals surface area contributed by atoms with Crippen molar-refractivity contribution in [3.8, 4) is 11.5 Å². The Morgan fingerprint density at radius 1 is 1.16 bits per heavy atom.